The van der Waals surface area contributed by atoms with Gasteiger partial charge in [0.15, 0.2) is 0 Å². The van der Waals surface area contributed by atoms with Crippen LogP contribution in [0.1, 0.15) is 11.4 Å². The molecule has 0 aliphatic rings. The Bertz CT molecular complexity index is 409. The molecule has 0 spiro atoms. The summed E-state index contributed by atoms with van der Waals surface area (Å²) < 4.78 is 0. The molecule has 3 heteroatoms. The van der Waals surface area contributed by atoms with Crippen molar-refractivity contribution in [2.75, 3.05) is 6.54 Å². The van der Waals surface area contributed by atoms with E-state index in [4.69, 9.17) is 5.73 Å². The van der Waals surface area contributed by atoms with Gasteiger partial charge in [-0.15, -0.1) is 11.3 Å². The van der Waals surface area contributed by atoms with Gasteiger partial charge in [-0.3, -0.25) is 0 Å². The molecule has 0 amide bonds. The highest BCUT2D eigenvalue weighted by atomic mass is 32.1. The van der Waals surface area contributed by atoms with Gasteiger partial charge in [-0.05, 0) is 18.5 Å². The summed E-state index contributed by atoms with van der Waals surface area (Å²) >= 11 is 1.76. The summed E-state index contributed by atoms with van der Waals surface area (Å²) in [6.07, 6.45) is 3.96. The molecule has 1 heterocycles. The number of nitrogens with zero attached hydrogens (tertiary/aromatic N) is 1. The molecule has 2 nitrogen and oxygen atoms in total. The number of aryl methyl sites for hydroxylation is 1. The van der Waals surface area contributed by atoms with E-state index in [0.717, 1.165) is 19.4 Å². The van der Waals surface area contributed by atoms with Crippen molar-refractivity contribution in [3.05, 3.63) is 41.5 Å². The zero-order chi connectivity index (χ0) is 10.5. The molecule has 0 aliphatic heterocycles. The van der Waals surface area contributed by atoms with Gasteiger partial charge in [0.05, 0.1) is 9.88 Å². The molecule has 2 N–H and O–H groups in total. The lowest BCUT2D eigenvalue weighted by Gasteiger charge is -1.94. The molecule has 0 aliphatic carbocycles. The maximum absolute atomic E-state index is 5.47. The van der Waals surface area contributed by atoms with Gasteiger partial charge in [0.1, 0.15) is 0 Å². The molecule has 0 atom stereocenters. The monoisotopic (exact) mass is 218 g/mol. The van der Waals surface area contributed by atoms with E-state index in [1.54, 1.807) is 11.3 Å². The topological polar surface area (TPSA) is 38.9 Å². The van der Waals surface area contributed by atoms with Crippen molar-refractivity contribution >= 4 is 11.3 Å². The smallest absolute Gasteiger partial charge is 0.0931 e. The SMILES string of the molecule is NCCCc1ncc(-c2ccccc2)s1. The van der Waals surface area contributed by atoms with Crippen LogP contribution in [0.15, 0.2) is 36.5 Å². The number of thiazole rings is 1. The third-order valence-electron chi connectivity index (χ3n) is 2.21. The number of hydrogen-bond acceptors (Lipinski definition) is 3. The zero-order valence-electron chi connectivity index (χ0n) is 8.52. The van der Waals surface area contributed by atoms with E-state index in [-0.39, 0.29) is 0 Å². The Morgan fingerprint density at radius 1 is 1.20 bits per heavy atom. The average Bonchev–Trinajstić information content (AvgIpc) is 2.76. The van der Waals surface area contributed by atoms with E-state index in [2.05, 4.69) is 29.2 Å². The van der Waals surface area contributed by atoms with Crippen LogP contribution in [0.3, 0.4) is 0 Å². The van der Waals surface area contributed by atoms with E-state index in [0.29, 0.717) is 0 Å². The molecule has 15 heavy (non-hydrogen) atoms. The number of rotatable bonds is 4. The first-order valence-corrected chi connectivity index (χ1v) is 5.92. The van der Waals surface area contributed by atoms with Crippen LogP contribution in [0, 0.1) is 0 Å². The van der Waals surface area contributed by atoms with E-state index < -0.39 is 0 Å². The Kier molecular flexibility index (Phi) is 3.48. The first-order valence-electron chi connectivity index (χ1n) is 5.10. The van der Waals surface area contributed by atoms with Crippen LogP contribution in [0.2, 0.25) is 0 Å². The fourth-order valence-electron chi connectivity index (χ4n) is 1.42. The van der Waals surface area contributed by atoms with Crippen molar-refractivity contribution in [1.82, 2.24) is 4.98 Å². The van der Waals surface area contributed by atoms with Gasteiger partial charge in [-0.25, -0.2) is 4.98 Å². The van der Waals surface area contributed by atoms with Gasteiger partial charge >= 0.3 is 0 Å². The fourth-order valence-corrected chi connectivity index (χ4v) is 2.38. The highest BCUT2D eigenvalue weighted by Crippen LogP contribution is 2.26. The molecule has 0 bridgehead atoms. The Labute approximate surface area is 93.8 Å². The first-order chi connectivity index (χ1) is 7.40. The third-order valence-corrected chi connectivity index (χ3v) is 3.31. The quantitative estimate of drug-likeness (QED) is 0.857. The second kappa shape index (κ2) is 5.05. The van der Waals surface area contributed by atoms with Gasteiger partial charge in [-0.1, -0.05) is 30.3 Å². The Morgan fingerprint density at radius 2 is 2.00 bits per heavy atom. The van der Waals surface area contributed by atoms with E-state index in [1.165, 1.54) is 15.4 Å². The highest BCUT2D eigenvalue weighted by molar-refractivity contribution is 7.15. The van der Waals surface area contributed by atoms with Crippen LogP contribution in [-0.2, 0) is 6.42 Å². The van der Waals surface area contributed by atoms with Crippen molar-refractivity contribution in [2.24, 2.45) is 5.73 Å². The fraction of sp³-hybridized carbons (Fsp3) is 0.250. The van der Waals surface area contributed by atoms with Crippen molar-refractivity contribution in [1.29, 1.82) is 0 Å². The van der Waals surface area contributed by atoms with Crippen LogP contribution in [0.5, 0.6) is 0 Å². The number of nitrogens with two attached hydrogens (primary N) is 1. The van der Waals surface area contributed by atoms with E-state index in [1.807, 2.05) is 12.3 Å². The second-order valence-corrected chi connectivity index (χ2v) is 4.49. The van der Waals surface area contributed by atoms with Crippen molar-refractivity contribution < 1.29 is 0 Å². The first kappa shape index (κ1) is 10.3. The lowest BCUT2D eigenvalue weighted by Crippen LogP contribution is -1.99. The molecular weight excluding hydrogens is 204 g/mol. The van der Waals surface area contributed by atoms with Gasteiger partial charge in [0.2, 0.25) is 0 Å². The molecule has 0 fully saturated rings. The van der Waals surface area contributed by atoms with Crippen LogP contribution in [0.25, 0.3) is 10.4 Å². The van der Waals surface area contributed by atoms with Crippen molar-refractivity contribution in [3.8, 4) is 10.4 Å². The van der Waals surface area contributed by atoms with Crippen LogP contribution in [0.4, 0.5) is 0 Å². The van der Waals surface area contributed by atoms with Gasteiger partial charge < -0.3 is 5.73 Å². The number of hydrogen-bond donors (Lipinski definition) is 1. The lowest BCUT2D eigenvalue weighted by atomic mass is 10.2. The van der Waals surface area contributed by atoms with E-state index >= 15 is 0 Å². The van der Waals surface area contributed by atoms with Crippen molar-refractivity contribution in [3.63, 3.8) is 0 Å². The minimum Gasteiger partial charge on any atom is -0.330 e. The predicted octanol–water partition coefficient (Wildman–Crippen LogP) is 2.70. The number of benzene rings is 1. The van der Waals surface area contributed by atoms with Gasteiger partial charge in [0, 0.05) is 12.6 Å². The normalized spacial score (nSPS) is 10.5. The summed E-state index contributed by atoms with van der Waals surface area (Å²) in [4.78, 5) is 5.63. The molecule has 78 valence electrons. The molecule has 0 saturated carbocycles. The zero-order valence-corrected chi connectivity index (χ0v) is 9.33. The summed E-state index contributed by atoms with van der Waals surface area (Å²) in [6.45, 7) is 0.736. The Morgan fingerprint density at radius 3 is 2.73 bits per heavy atom. The summed E-state index contributed by atoms with van der Waals surface area (Å²) in [5, 5.41) is 1.18. The molecule has 2 aromatic rings. The molecule has 2 rings (SSSR count). The molecule has 1 aromatic heterocycles. The number of aromatic nitrogens is 1. The average molecular weight is 218 g/mol. The minimum atomic E-state index is 0.736. The van der Waals surface area contributed by atoms with Gasteiger partial charge in [0.25, 0.3) is 0 Å². The minimum absolute atomic E-state index is 0.736. The third kappa shape index (κ3) is 2.64. The molecule has 0 unspecified atom stereocenters. The van der Waals surface area contributed by atoms with Crippen LogP contribution < -0.4 is 5.73 Å². The maximum Gasteiger partial charge on any atom is 0.0931 e. The lowest BCUT2D eigenvalue weighted by molar-refractivity contribution is 0.826. The summed E-state index contributed by atoms with van der Waals surface area (Å²) in [5.74, 6) is 0. The molecular formula is C12H14N2S. The Balaban J connectivity index is 2.14. The van der Waals surface area contributed by atoms with Crippen LogP contribution in [-0.4, -0.2) is 11.5 Å². The van der Waals surface area contributed by atoms with Crippen LogP contribution >= 0.6 is 11.3 Å². The summed E-state index contributed by atoms with van der Waals surface area (Å²) in [7, 11) is 0. The largest absolute Gasteiger partial charge is 0.330 e. The summed E-state index contributed by atoms with van der Waals surface area (Å²) in [5.41, 5.74) is 6.72. The second-order valence-electron chi connectivity index (χ2n) is 3.38. The standard InChI is InChI=1S/C12H14N2S/c13-8-4-7-12-14-9-11(15-12)10-5-2-1-3-6-10/h1-3,5-6,9H,4,7-8,13H2. The molecule has 0 radical (unpaired) electrons. The van der Waals surface area contributed by atoms with Crippen molar-refractivity contribution in [2.45, 2.75) is 12.8 Å². The highest BCUT2D eigenvalue weighted by Gasteiger charge is 2.02. The maximum atomic E-state index is 5.47. The predicted molar refractivity (Wildman–Crippen MR) is 64.9 cm³/mol. The van der Waals surface area contributed by atoms with Gasteiger partial charge in [-0.2, -0.15) is 0 Å². The molecule has 0 saturated heterocycles. The summed E-state index contributed by atoms with van der Waals surface area (Å²) in [6, 6.07) is 10.4. The molecule has 1 aromatic carbocycles. The van der Waals surface area contributed by atoms with E-state index in [9.17, 15) is 0 Å². The Hall–Kier alpha value is -1.19.